The van der Waals surface area contributed by atoms with Crippen molar-refractivity contribution in [1.29, 1.82) is 0 Å². The molecule has 0 spiro atoms. The van der Waals surface area contributed by atoms with Crippen molar-refractivity contribution >= 4 is 33.3 Å². The van der Waals surface area contributed by atoms with E-state index in [4.69, 9.17) is 18.9 Å². The SMILES string of the molecule is CCOC(=O)C1=CC2=C(c3cc(Br)c(OCCCOC)cc3OC2C(C)C)C(C2CC2)CCC1=O. The molecule has 1 aromatic carbocycles. The monoisotopic (exact) mass is 546 g/mol. The second-order valence-corrected chi connectivity index (χ2v) is 10.7. The molecule has 6 nitrogen and oxygen atoms in total. The minimum atomic E-state index is -0.552. The number of hydrogen-bond acceptors (Lipinski definition) is 6. The number of ketones is 1. The number of carbonyl (C=O) groups excluding carboxylic acids is 2. The first kappa shape index (κ1) is 26.0. The van der Waals surface area contributed by atoms with Gasteiger partial charge in [-0.15, -0.1) is 0 Å². The van der Waals surface area contributed by atoms with Crippen LogP contribution >= 0.6 is 15.9 Å². The summed E-state index contributed by atoms with van der Waals surface area (Å²) in [5, 5.41) is 0. The number of ether oxygens (including phenoxy) is 4. The summed E-state index contributed by atoms with van der Waals surface area (Å²) < 4.78 is 23.8. The standard InChI is InChI=1S/C28H35BrO6/c1-5-33-28(31)19-13-21-26(18(17-7-8-17)9-10-23(19)30)20-14-22(29)25(34-12-6-11-32-4)15-24(20)35-27(21)16(2)3/h13-18,27H,5-12H2,1-4H3. The van der Waals surface area contributed by atoms with Gasteiger partial charge in [-0.1, -0.05) is 13.8 Å². The van der Waals surface area contributed by atoms with E-state index in [9.17, 15) is 9.59 Å². The quantitative estimate of drug-likeness (QED) is 0.217. The Balaban J connectivity index is 1.85. The van der Waals surface area contributed by atoms with Gasteiger partial charge in [0.05, 0.1) is 17.7 Å². The van der Waals surface area contributed by atoms with E-state index in [0.29, 0.717) is 25.6 Å². The number of hydrogen-bond donors (Lipinski definition) is 0. The van der Waals surface area contributed by atoms with E-state index in [1.54, 1.807) is 20.1 Å². The predicted molar refractivity (Wildman–Crippen MR) is 137 cm³/mol. The van der Waals surface area contributed by atoms with Crippen molar-refractivity contribution in [2.45, 2.75) is 59.0 Å². The van der Waals surface area contributed by atoms with Crippen LogP contribution in [0.2, 0.25) is 0 Å². The van der Waals surface area contributed by atoms with Gasteiger partial charge in [-0.2, -0.15) is 0 Å². The summed E-state index contributed by atoms with van der Waals surface area (Å²) in [6, 6.07) is 4.04. The highest BCUT2D eigenvalue weighted by Crippen LogP contribution is 2.53. The van der Waals surface area contributed by atoms with Gasteiger partial charge >= 0.3 is 5.97 Å². The van der Waals surface area contributed by atoms with Crippen molar-refractivity contribution < 1.29 is 28.5 Å². The maximum Gasteiger partial charge on any atom is 0.341 e. The fourth-order valence-electron chi connectivity index (χ4n) is 5.07. The van der Waals surface area contributed by atoms with Crippen molar-refractivity contribution in [3.63, 3.8) is 0 Å². The largest absolute Gasteiger partial charge is 0.492 e. The number of carbonyl (C=O) groups is 2. The highest BCUT2D eigenvalue weighted by atomic mass is 79.9. The van der Waals surface area contributed by atoms with Crippen LogP contribution in [0.3, 0.4) is 0 Å². The molecule has 1 aromatic rings. The molecule has 2 unspecified atom stereocenters. The molecule has 3 aliphatic rings. The van der Waals surface area contributed by atoms with Crippen LogP contribution in [0.1, 0.15) is 58.4 Å². The molecule has 4 rings (SSSR count). The normalized spacial score (nSPS) is 22.0. The molecule has 0 aromatic heterocycles. The highest BCUT2D eigenvalue weighted by Gasteiger charge is 2.42. The van der Waals surface area contributed by atoms with E-state index in [1.807, 2.05) is 6.07 Å². The van der Waals surface area contributed by atoms with Gasteiger partial charge in [0.1, 0.15) is 23.2 Å². The summed E-state index contributed by atoms with van der Waals surface area (Å²) in [5.74, 6) is 1.76. The second kappa shape index (κ2) is 11.3. The van der Waals surface area contributed by atoms with Crippen molar-refractivity contribution in [2.24, 2.45) is 17.8 Å². The summed E-state index contributed by atoms with van der Waals surface area (Å²) in [5.41, 5.74) is 3.27. The Hall–Kier alpha value is -2.12. The van der Waals surface area contributed by atoms with E-state index >= 15 is 0 Å². The number of halogens is 1. The predicted octanol–water partition coefficient (Wildman–Crippen LogP) is 5.91. The van der Waals surface area contributed by atoms with Gasteiger partial charge in [-0.05, 0) is 83.2 Å². The van der Waals surface area contributed by atoms with Crippen LogP contribution in [-0.2, 0) is 19.1 Å². The molecule has 0 bridgehead atoms. The van der Waals surface area contributed by atoms with Gasteiger partial charge in [0.25, 0.3) is 0 Å². The third kappa shape index (κ3) is 5.67. The lowest BCUT2D eigenvalue weighted by molar-refractivity contribution is -0.140. The zero-order valence-corrected chi connectivity index (χ0v) is 22.6. The van der Waals surface area contributed by atoms with Crippen LogP contribution in [0.5, 0.6) is 11.5 Å². The first-order valence-electron chi connectivity index (χ1n) is 12.6. The number of esters is 1. The first-order valence-corrected chi connectivity index (χ1v) is 13.4. The molecule has 190 valence electrons. The fourth-order valence-corrected chi connectivity index (χ4v) is 5.53. The Morgan fingerprint density at radius 3 is 2.63 bits per heavy atom. The lowest BCUT2D eigenvalue weighted by atomic mass is 9.75. The van der Waals surface area contributed by atoms with Gasteiger partial charge in [0, 0.05) is 38.2 Å². The molecule has 1 fully saturated rings. The summed E-state index contributed by atoms with van der Waals surface area (Å²) in [7, 11) is 1.68. The number of methoxy groups -OCH3 is 1. The average molecular weight is 547 g/mol. The molecular weight excluding hydrogens is 512 g/mol. The number of benzene rings is 1. The lowest BCUT2D eigenvalue weighted by Gasteiger charge is -2.37. The second-order valence-electron chi connectivity index (χ2n) is 9.81. The molecule has 1 saturated carbocycles. The van der Waals surface area contributed by atoms with Crippen LogP contribution in [-0.4, -0.2) is 44.8 Å². The summed E-state index contributed by atoms with van der Waals surface area (Å²) in [6.45, 7) is 7.38. The van der Waals surface area contributed by atoms with E-state index in [2.05, 4.69) is 35.8 Å². The third-order valence-corrected chi connectivity index (χ3v) is 7.51. The number of allylic oxidation sites excluding steroid dienone is 1. The molecule has 1 heterocycles. The first-order chi connectivity index (χ1) is 16.8. The zero-order chi connectivity index (χ0) is 25.1. The van der Waals surface area contributed by atoms with Crippen LogP contribution in [0.4, 0.5) is 0 Å². The average Bonchev–Trinajstić information content (AvgIpc) is 3.65. The van der Waals surface area contributed by atoms with Crippen LogP contribution in [0.15, 0.2) is 33.8 Å². The van der Waals surface area contributed by atoms with Gasteiger partial charge in [0.15, 0.2) is 5.78 Å². The molecule has 0 radical (unpaired) electrons. The molecule has 2 atom stereocenters. The molecule has 0 amide bonds. The number of Topliss-reactive ketones (excluding diaryl/α,β-unsaturated/α-hetero) is 1. The molecule has 0 saturated heterocycles. The van der Waals surface area contributed by atoms with Crippen LogP contribution in [0.25, 0.3) is 5.57 Å². The lowest BCUT2D eigenvalue weighted by Crippen LogP contribution is -2.33. The molecule has 7 heteroatoms. The van der Waals surface area contributed by atoms with E-state index < -0.39 is 5.97 Å². The molecule has 0 N–H and O–H groups in total. The highest BCUT2D eigenvalue weighted by molar-refractivity contribution is 9.10. The van der Waals surface area contributed by atoms with Gasteiger partial charge in [-0.25, -0.2) is 4.79 Å². The van der Waals surface area contributed by atoms with Gasteiger partial charge in [0.2, 0.25) is 0 Å². The van der Waals surface area contributed by atoms with Gasteiger partial charge in [-0.3, -0.25) is 4.79 Å². The van der Waals surface area contributed by atoms with Crippen molar-refractivity contribution in [3.05, 3.63) is 39.4 Å². The zero-order valence-electron chi connectivity index (χ0n) is 21.0. The van der Waals surface area contributed by atoms with Crippen LogP contribution < -0.4 is 9.47 Å². The van der Waals surface area contributed by atoms with E-state index in [0.717, 1.165) is 52.8 Å². The minimum Gasteiger partial charge on any atom is -0.492 e. The molecule has 1 aliphatic heterocycles. The smallest absolute Gasteiger partial charge is 0.341 e. The van der Waals surface area contributed by atoms with Crippen molar-refractivity contribution in [3.8, 4) is 11.5 Å². The van der Waals surface area contributed by atoms with Gasteiger partial charge < -0.3 is 18.9 Å². The Morgan fingerprint density at radius 1 is 1.20 bits per heavy atom. The third-order valence-electron chi connectivity index (χ3n) is 6.89. The summed E-state index contributed by atoms with van der Waals surface area (Å²) >= 11 is 3.70. The maximum absolute atomic E-state index is 13.0. The summed E-state index contributed by atoms with van der Waals surface area (Å²) in [4.78, 5) is 25.8. The van der Waals surface area contributed by atoms with Crippen molar-refractivity contribution in [1.82, 2.24) is 0 Å². The Labute approximate surface area is 216 Å². The topological polar surface area (TPSA) is 71.1 Å². The van der Waals surface area contributed by atoms with Crippen molar-refractivity contribution in [2.75, 3.05) is 26.9 Å². The van der Waals surface area contributed by atoms with E-state index in [1.165, 1.54) is 5.57 Å². The Bertz CT molecular complexity index is 1040. The Morgan fingerprint density at radius 2 is 1.97 bits per heavy atom. The minimum absolute atomic E-state index is 0.128. The molecule has 2 aliphatic carbocycles. The maximum atomic E-state index is 13.0. The number of fused-ring (bicyclic) bond motifs is 2. The van der Waals surface area contributed by atoms with Crippen LogP contribution in [0, 0.1) is 17.8 Å². The Kier molecular flexibility index (Phi) is 8.38. The molecular formula is C28H35BrO6. The van der Waals surface area contributed by atoms with E-state index in [-0.39, 0.29) is 35.9 Å². The number of rotatable bonds is 9. The summed E-state index contributed by atoms with van der Waals surface area (Å²) in [6.07, 6.45) is 5.66. The molecule has 35 heavy (non-hydrogen) atoms. The fraction of sp³-hybridized carbons (Fsp3) is 0.571.